The van der Waals surface area contributed by atoms with Crippen molar-refractivity contribution in [3.8, 4) is 28.7 Å². The second-order valence-electron chi connectivity index (χ2n) is 5.64. The van der Waals surface area contributed by atoms with Crippen molar-refractivity contribution in [1.29, 1.82) is 5.26 Å². The summed E-state index contributed by atoms with van der Waals surface area (Å²) in [5, 5.41) is 9.28. The Morgan fingerprint density at radius 2 is 1.56 bits per heavy atom. The predicted molar refractivity (Wildman–Crippen MR) is 94.1 cm³/mol. The zero-order valence-electron chi connectivity index (χ0n) is 14.0. The maximum absolute atomic E-state index is 12.7. The number of nitriles is 1. The van der Waals surface area contributed by atoms with E-state index in [0.29, 0.717) is 16.9 Å². The Morgan fingerprint density at radius 1 is 0.852 bits per heavy atom. The van der Waals surface area contributed by atoms with Crippen LogP contribution in [0.3, 0.4) is 0 Å². The fraction of sp³-hybridized carbons (Fsp3) is 0.0952. The Bertz CT molecular complexity index is 963. The van der Waals surface area contributed by atoms with E-state index < -0.39 is 6.36 Å². The van der Waals surface area contributed by atoms with E-state index in [1.54, 1.807) is 18.2 Å². The van der Waals surface area contributed by atoms with Crippen molar-refractivity contribution in [1.82, 2.24) is 0 Å². The molecule has 6 heteroatoms. The molecule has 0 atom stereocenters. The number of nitrogens with zero attached hydrogens (tertiary/aromatic N) is 1. The fourth-order valence-electron chi connectivity index (χ4n) is 2.56. The summed E-state index contributed by atoms with van der Waals surface area (Å²) in [5.74, 6) is -0.0237. The van der Waals surface area contributed by atoms with Crippen LogP contribution < -0.4 is 9.47 Å². The van der Waals surface area contributed by atoms with Crippen LogP contribution >= 0.6 is 0 Å². The Hall–Kier alpha value is -3.46. The summed E-state index contributed by atoms with van der Waals surface area (Å²) in [7, 11) is 0. The second kappa shape index (κ2) is 7.83. The van der Waals surface area contributed by atoms with E-state index in [2.05, 4.69) is 4.74 Å². The van der Waals surface area contributed by atoms with Gasteiger partial charge in [-0.2, -0.15) is 5.26 Å². The molecule has 0 aliphatic heterocycles. The second-order valence-corrected chi connectivity index (χ2v) is 5.64. The quantitative estimate of drug-likeness (QED) is 0.579. The van der Waals surface area contributed by atoms with Gasteiger partial charge >= 0.3 is 6.36 Å². The van der Waals surface area contributed by atoms with E-state index in [1.807, 2.05) is 36.4 Å². The van der Waals surface area contributed by atoms with Crippen LogP contribution in [0, 0.1) is 11.3 Å². The van der Waals surface area contributed by atoms with E-state index in [-0.39, 0.29) is 17.9 Å². The van der Waals surface area contributed by atoms with Crippen molar-refractivity contribution < 1.29 is 22.6 Å². The van der Waals surface area contributed by atoms with Crippen molar-refractivity contribution in [2.24, 2.45) is 0 Å². The summed E-state index contributed by atoms with van der Waals surface area (Å²) in [6.45, 7) is 0.236. The zero-order valence-corrected chi connectivity index (χ0v) is 14.0. The average Bonchev–Trinajstić information content (AvgIpc) is 2.66. The number of alkyl halides is 3. The third-order valence-electron chi connectivity index (χ3n) is 3.76. The first-order valence-electron chi connectivity index (χ1n) is 8.02. The number of rotatable bonds is 5. The summed E-state index contributed by atoms with van der Waals surface area (Å²) >= 11 is 0. The van der Waals surface area contributed by atoms with Crippen LogP contribution in [-0.4, -0.2) is 6.36 Å². The molecule has 27 heavy (non-hydrogen) atoms. The summed E-state index contributed by atoms with van der Waals surface area (Å²) in [5.41, 5.74) is 1.91. The van der Waals surface area contributed by atoms with Crippen molar-refractivity contribution in [2.45, 2.75) is 13.0 Å². The molecule has 0 unspecified atom stereocenters. The highest BCUT2D eigenvalue weighted by molar-refractivity contribution is 5.72. The number of halogens is 3. The van der Waals surface area contributed by atoms with E-state index in [1.165, 1.54) is 24.3 Å². The standard InChI is InChI=1S/C21H14F3NO2/c22-21(23,24)27-19-9-5-4-8-18(19)16-10-11-17(13-25)20(12-16)26-14-15-6-2-1-3-7-15/h1-12H,14H2. The summed E-state index contributed by atoms with van der Waals surface area (Å²) < 4.78 is 47.8. The Morgan fingerprint density at radius 3 is 2.26 bits per heavy atom. The summed E-state index contributed by atoms with van der Waals surface area (Å²) in [6.07, 6.45) is -4.80. The van der Waals surface area contributed by atoms with E-state index >= 15 is 0 Å². The molecule has 0 aliphatic rings. The monoisotopic (exact) mass is 369 g/mol. The molecule has 0 heterocycles. The number of hydrogen-bond acceptors (Lipinski definition) is 3. The molecule has 0 saturated carbocycles. The number of benzene rings is 3. The molecule has 0 saturated heterocycles. The Labute approximate surface area is 154 Å². The van der Waals surface area contributed by atoms with Crippen molar-refractivity contribution in [3.63, 3.8) is 0 Å². The van der Waals surface area contributed by atoms with Gasteiger partial charge in [0, 0.05) is 5.56 Å². The van der Waals surface area contributed by atoms with Crippen LogP contribution in [0.1, 0.15) is 11.1 Å². The van der Waals surface area contributed by atoms with Crippen LogP contribution in [0.5, 0.6) is 11.5 Å². The first-order valence-corrected chi connectivity index (χ1v) is 8.02. The van der Waals surface area contributed by atoms with Gasteiger partial charge in [0.2, 0.25) is 0 Å². The minimum Gasteiger partial charge on any atom is -0.488 e. The minimum atomic E-state index is -4.80. The maximum Gasteiger partial charge on any atom is 0.573 e. The third kappa shape index (κ3) is 4.79. The number of hydrogen-bond donors (Lipinski definition) is 0. The molecule has 3 aromatic carbocycles. The molecule has 0 fully saturated rings. The smallest absolute Gasteiger partial charge is 0.488 e. The minimum absolute atomic E-state index is 0.236. The molecule has 3 nitrogen and oxygen atoms in total. The van der Waals surface area contributed by atoms with Gasteiger partial charge in [0.25, 0.3) is 0 Å². The molecule has 3 rings (SSSR count). The van der Waals surface area contributed by atoms with Gasteiger partial charge in [-0.15, -0.1) is 13.2 Å². The van der Waals surface area contributed by atoms with Gasteiger partial charge < -0.3 is 9.47 Å². The highest BCUT2D eigenvalue weighted by atomic mass is 19.4. The van der Waals surface area contributed by atoms with Gasteiger partial charge in [0.1, 0.15) is 24.2 Å². The predicted octanol–water partition coefficient (Wildman–Crippen LogP) is 5.70. The van der Waals surface area contributed by atoms with Gasteiger partial charge in [0.05, 0.1) is 5.56 Å². The molecule has 0 radical (unpaired) electrons. The molecular weight excluding hydrogens is 355 g/mol. The van der Waals surface area contributed by atoms with Crippen LogP contribution in [0.2, 0.25) is 0 Å². The summed E-state index contributed by atoms with van der Waals surface area (Å²) in [4.78, 5) is 0. The largest absolute Gasteiger partial charge is 0.573 e. The third-order valence-corrected chi connectivity index (χ3v) is 3.76. The average molecular weight is 369 g/mol. The highest BCUT2D eigenvalue weighted by Crippen LogP contribution is 2.36. The molecule has 136 valence electrons. The molecular formula is C21H14F3NO2. The molecule has 0 spiro atoms. The topological polar surface area (TPSA) is 42.2 Å². The van der Waals surface area contributed by atoms with Gasteiger partial charge in [0.15, 0.2) is 0 Å². The van der Waals surface area contributed by atoms with Crippen LogP contribution in [0.15, 0.2) is 72.8 Å². The van der Waals surface area contributed by atoms with E-state index in [9.17, 15) is 18.4 Å². The molecule has 0 aliphatic carbocycles. The van der Waals surface area contributed by atoms with Gasteiger partial charge in [-0.3, -0.25) is 0 Å². The lowest BCUT2D eigenvalue weighted by atomic mass is 10.0. The fourth-order valence-corrected chi connectivity index (χ4v) is 2.56. The zero-order chi connectivity index (χ0) is 19.3. The first kappa shape index (κ1) is 18.3. The van der Waals surface area contributed by atoms with Crippen LogP contribution in [0.25, 0.3) is 11.1 Å². The number of para-hydroxylation sites is 1. The van der Waals surface area contributed by atoms with Crippen molar-refractivity contribution in [2.75, 3.05) is 0 Å². The normalized spacial score (nSPS) is 10.9. The lowest BCUT2D eigenvalue weighted by molar-refractivity contribution is -0.274. The SMILES string of the molecule is N#Cc1ccc(-c2ccccc2OC(F)(F)F)cc1OCc1ccccc1. The molecule has 0 aromatic heterocycles. The maximum atomic E-state index is 12.7. The lowest BCUT2D eigenvalue weighted by Gasteiger charge is -2.15. The molecule has 0 N–H and O–H groups in total. The Kier molecular flexibility index (Phi) is 5.32. The number of ether oxygens (including phenoxy) is 2. The van der Waals surface area contributed by atoms with Crippen LogP contribution in [-0.2, 0) is 6.61 Å². The molecule has 3 aromatic rings. The van der Waals surface area contributed by atoms with Crippen molar-refractivity contribution >= 4 is 0 Å². The van der Waals surface area contributed by atoms with Gasteiger partial charge in [-0.1, -0.05) is 54.6 Å². The molecule has 0 bridgehead atoms. The van der Waals surface area contributed by atoms with E-state index in [4.69, 9.17) is 4.74 Å². The van der Waals surface area contributed by atoms with Gasteiger partial charge in [-0.25, -0.2) is 0 Å². The Balaban J connectivity index is 1.93. The van der Waals surface area contributed by atoms with Gasteiger partial charge in [-0.05, 0) is 29.3 Å². The molecule has 0 amide bonds. The lowest BCUT2D eigenvalue weighted by Crippen LogP contribution is -2.17. The highest BCUT2D eigenvalue weighted by Gasteiger charge is 2.32. The van der Waals surface area contributed by atoms with Crippen molar-refractivity contribution in [3.05, 3.63) is 83.9 Å². The van der Waals surface area contributed by atoms with E-state index in [0.717, 1.165) is 5.56 Å². The van der Waals surface area contributed by atoms with Crippen LogP contribution in [0.4, 0.5) is 13.2 Å². The first-order chi connectivity index (χ1) is 13.0. The summed E-state index contributed by atoms with van der Waals surface area (Å²) in [6, 6.07) is 21.8.